The van der Waals surface area contributed by atoms with E-state index in [4.69, 9.17) is 4.74 Å². The Hall–Kier alpha value is -1.55. The Labute approximate surface area is 121 Å². The molecule has 0 fully saturated rings. The maximum atomic E-state index is 11.3. The molecule has 1 N–H and O–H groups in total. The number of carbonyl (C=O) groups is 1. The van der Waals surface area contributed by atoms with Crippen LogP contribution >= 0.6 is 0 Å². The highest BCUT2D eigenvalue weighted by molar-refractivity contribution is 5.77. The zero-order valence-electron chi connectivity index (χ0n) is 13.0. The summed E-state index contributed by atoms with van der Waals surface area (Å²) in [5, 5.41) is 9.29. The quantitative estimate of drug-likeness (QED) is 0.831. The number of carboxylic acid groups (broad SMARTS) is 1. The number of aliphatic carboxylic acids is 1. The highest BCUT2D eigenvalue weighted by Crippen LogP contribution is 2.27. The largest absolute Gasteiger partial charge is 0.494 e. The first-order chi connectivity index (χ1) is 9.30. The van der Waals surface area contributed by atoms with Gasteiger partial charge in [-0.3, -0.25) is 9.69 Å². The molecule has 0 saturated carbocycles. The fourth-order valence-electron chi connectivity index (χ4n) is 1.92. The van der Waals surface area contributed by atoms with Crippen LogP contribution in [-0.4, -0.2) is 35.2 Å². The minimum Gasteiger partial charge on any atom is -0.494 e. The average Bonchev–Trinajstić information content (AvgIpc) is 2.43. The number of benzene rings is 1. The molecule has 0 aliphatic heterocycles. The Morgan fingerprint density at radius 1 is 1.35 bits per heavy atom. The van der Waals surface area contributed by atoms with Gasteiger partial charge in [-0.1, -0.05) is 19.1 Å². The van der Waals surface area contributed by atoms with E-state index in [0.29, 0.717) is 6.61 Å². The molecule has 0 amide bonds. The van der Waals surface area contributed by atoms with Crippen molar-refractivity contribution in [2.45, 2.75) is 45.7 Å². The van der Waals surface area contributed by atoms with E-state index in [0.717, 1.165) is 17.7 Å². The molecule has 1 aromatic carbocycles. The van der Waals surface area contributed by atoms with Crippen molar-refractivity contribution in [2.24, 2.45) is 0 Å². The number of hydrogen-bond donors (Lipinski definition) is 1. The molecule has 0 radical (unpaired) electrons. The average molecular weight is 279 g/mol. The lowest BCUT2D eigenvalue weighted by molar-refractivity contribution is -0.149. The molecular weight excluding hydrogens is 254 g/mol. The van der Waals surface area contributed by atoms with Crippen molar-refractivity contribution >= 4 is 5.97 Å². The molecule has 0 spiro atoms. The Bertz CT molecular complexity index is 440. The zero-order chi connectivity index (χ0) is 15.3. The molecule has 1 unspecified atom stereocenters. The van der Waals surface area contributed by atoms with E-state index in [-0.39, 0.29) is 6.04 Å². The van der Waals surface area contributed by atoms with Gasteiger partial charge in [0.2, 0.25) is 0 Å². The van der Waals surface area contributed by atoms with Crippen LogP contribution in [-0.2, 0) is 4.79 Å². The first-order valence-corrected chi connectivity index (χ1v) is 6.99. The van der Waals surface area contributed by atoms with E-state index >= 15 is 0 Å². The van der Waals surface area contributed by atoms with E-state index in [1.807, 2.05) is 43.1 Å². The van der Waals surface area contributed by atoms with Gasteiger partial charge in [-0.2, -0.15) is 0 Å². The van der Waals surface area contributed by atoms with Crippen LogP contribution in [0.25, 0.3) is 0 Å². The Kier molecular flexibility index (Phi) is 5.57. The van der Waals surface area contributed by atoms with Crippen LogP contribution in [0, 0.1) is 0 Å². The topological polar surface area (TPSA) is 49.8 Å². The zero-order valence-corrected chi connectivity index (χ0v) is 13.0. The smallest absolute Gasteiger partial charge is 0.323 e. The van der Waals surface area contributed by atoms with Gasteiger partial charge < -0.3 is 9.84 Å². The number of nitrogens with zero attached hydrogens (tertiary/aromatic N) is 1. The number of rotatable bonds is 7. The van der Waals surface area contributed by atoms with Gasteiger partial charge in [0.25, 0.3) is 0 Å². The SMILES string of the molecule is CCCOc1ccc(C(C)N(C)C(C)(C)C(=O)O)cc1. The lowest BCUT2D eigenvalue weighted by Crippen LogP contribution is -2.48. The third-order valence-electron chi connectivity index (χ3n) is 3.82. The summed E-state index contributed by atoms with van der Waals surface area (Å²) in [6, 6.07) is 7.86. The molecule has 4 heteroatoms. The van der Waals surface area contributed by atoms with E-state index in [1.54, 1.807) is 13.8 Å². The van der Waals surface area contributed by atoms with Crippen molar-refractivity contribution in [2.75, 3.05) is 13.7 Å². The van der Waals surface area contributed by atoms with Crippen molar-refractivity contribution in [3.05, 3.63) is 29.8 Å². The third-order valence-corrected chi connectivity index (χ3v) is 3.82. The monoisotopic (exact) mass is 279 g/mol. The minimum atomic E-state index is -0.906. The number of hydrogen-bond acceptors (Lipinski definition) is 3. The standard InChI is InChI=1S/C16H25NO3/c1-6-11-20-14-9-7-13(8-10-14)12(2)17(5)16(3,4)15(18)19/h7-10,12H,6,11H2,1-5H3,(H,18,19). The first kappa shape index (κ1) is 16.5. The maximum absolute atomic E-state index is 11.3. The second kappa shape index (κ2) is 6.75. The summed E-state index contributed by atoms with van der Waals surface area (Å²) in [6.45, 7) is 8.21. The Morgan fingerprint density at radius 2 is 1.90 bits per heavy atom. The summed E-state index contributed by atoms with van der Waals surface area (Å²) >= 11 is 0. The molecule has 0 heterocycles. The second-order valence-electron chi connectivity index (χ2n) is 5.57. The first-order valence-electron chi connectivity index (χ1n) is 6.99. The van der Waals surface area contributed by atoms with Gasteiger partial charge in [0.1, 0.15) is 11.3 Å². The van der Waals surface area contributed by atoms with Gasteiger partial charge in [-0.05, 0) is 51.9 Å². The lowest BCUT2D eigenvalue weighted by atomic mass is 9.98. The summed E-state index contributed by atoms with van der Waals surface area (Å²) in [5.41, 5.74) is 0.169. The predicted octanol–water partition coefficient (Wildman–Crippen LogP) is 3.33. The summed E-state index contributed by atoms with van der Waals surface area (Å²) < 4.78 is 5.55. The molecule has 0 aliphatic rings. The summed E-state index contributed by atoms with van der Waals surface area (Å²) in [5.74, 6) is 0.0256. The van der Waals surface area contributed by atoms with Crippen molar-refractivity contribution in [1.82, 2.24) is 4.90 Å². The molecule has 1 aromatic rings. The summed E-state index contributed by atoms with van der Waals surface area (Å²) in [6.07, 6.45) is 0.980. The van der Waals surface area contributed by atoms with E-state index < -0.39 is 11.5 Å². The fraction of sp³-hybridized carbons (Fsp3) is 0.562. The van der Waals surface area contributed by atoms with Crippen LogP contribution in [0.2, 0.25) is 0 Å². The molecule has 1 rings (SSSR count). The normalized spacial score (nSPS) is 13.3. The lowest BCUT2D eigenvalue weighted by Gasteiger charge is -2.36. The minimum absolute atomic E-state index is 0.0151. The summed E-state index contributed by atoms with van der Waals surface area (Å²) in [4.78, 5) is 13.2. The highest BCUT2D eigenvalue weighted by Gasteiger charge is 2.35. The fourth-order valence-corrected chi connectivity index (χ4v) is 1.92. The third kappa shape index (κ3) is 3.73. The van der Waals surface area contributed by atoms with Crippen LogP contribution in [0.4, 0.5) is 0 Å². The highest BCUT2D eigenvalue weighted by atomic mass is 16.5. The number of ether oxygens (including phenoxy) is 1. The van der Waals surface area contributed by atoms with Crippen LogP contribution in [0.3, 0.4) is 0 Å². The molecule has 20 heavy (non-hydrogen) atoms. The molecule has 4 nitrogen and oxygen atoms in total. The van der Waals surface area contributed by atoms with Crippen LogP contribution < -0.4 is 4.74 Å². The van der Waals surface area contributed by atoms with Crippen molar-refractivity contribution in [3.63, 3.8) is 0 Å². The van der Waals surface area contributed by atoms with Crippen LogP contribution in [0.5, 0.6) is 5.75 Å². The van der Waals surface area contributed by atoms with Gasteiger partial charge >= 0.3 is 5.97 Å². The van der Waals surface area contributed by atoms with Crippen molar-refractivity contribution in [3.8, 4) is 5.75 Å². The van der Waals surface area contributed by atoms with Gasteiger partial charge in [0.05, 0.1) is 6.61 Å². The van der Waals surface area contributed by atoms with E-state index in [1.165, 1.54) is 0 Å². The summed E-state index contributed by atoms with van der Waals surface area (Å²) in [7, 11) is 1.83. The van der Waals surface area contributed by atoms with E-state index in [9.17, 15) is 9.90 Å². The molecule has 1 atom stereocenters. The number of likely N-dealkylation sites (N-methyl/N-ethyl adjacent to an activating group) is 1. The maximum Gasteiger partial charge on any atom is 0.323 e. The molecule has 0 aliphatic carbocycles. The van der Waals surface area contributed by atoms with Crippen molar-refractivity contribution < 1.29 is 14.6 Å². The molecule has 112 valence electrons. The Balaban J connectivity index is 2.81. The number of carboxylic acids is 1. The van der Waals surface area contributed by atoms with Gasteiger partial charge in [0, 0.05) is 6.04 Å². The molecular formula is C16H25NO3. The van der Waals surface area contributed by atoms with Gasteiger partial charge in [-0.25, -0.2) is 0 Å². The molecule has 0 aromatic heterocycles. The second-order valence-corrected chi connectivity index (χ2v) is 5.57. The van der Waals surface area contributed by atoms with Gasteiger partial charge in [-0.15, -0.1) is 0 Å². The Morgan fingerprint density at radius 3 is 2.35 bits per heavy atom. The van der Waals surface area contributed by atoms with Gasteiger partial charge in [0.15, 0.2) is 0 Å². The van der Waals surface area contributed by atoms with Crippen molar-refractivity contribution in [1.29, 1.82) is 0 Å². The van der Waals surface area contributed by atoms with E-state index in [2.05, 4.69) is 6.92 Å². The molecule has 0 bridgehead atoms. The van der Waals surface area contributed by atoms with Crippen LogP contribution in [0.15, 0.2) is 24.3 Å². The molecule has 0 saturated heterocycles. The predicted molar refractivity (Wildman–Crippen MR) is 80.1 cm³/mol. The van der Waals surface area contributed by atoms with Crippen LogP contribution in [0.1, 0.15) is 45.7 Å².